The van der Waals surface area contributed by atoms with E-state index in [0.717, 1.165) is 37.7 Å². The van der Waals surface area contributed by atoms with Crippen LogP contribution in [0.3, 0.4) is 0 Å². The van der Waals surface area contributed by atoms with Crippen molar-refractivity contribution in [1.82, 2.24) is 4.90 Å². The molecule has 0 saturated heterocycles. The Morgan fingerprint density at radius 3 is 2.54 bits per heavy atom. The van der Waals surface area contributed by atoms with E-state index in [9.17, 15) is 4.79 Å². The van der Waals surface area contributed by atoms with Crippen LogP contribution in [0.15, 0.2) is 35.3 Å². The lowest BCUT2D eigenvalue weighted by Gasteiger charge is -2.36. The third kappa shape index (κ3) is 2.93. The fourth-order valence-electron chi connectivity index (χ4n) is 4.10. The summed E-state index contributed by atoms with van der Waals surface area (Å²) in [6, 6.07) is 9.89. The van der Waals surface area contributed by atoms with E-state index in [1.807, 2.05) is 30.3 Å². The van der Waals surface area contributed by atoms with Gasteiger partial charge in [0, 0.05) is 13.2 Å². The minimum Gasteiger partial charge on any atom is -0.396 e. The van der Waals surface area contributed by atoms with Crippen molar-refractivity contribution in [2.24, 2.45) is 16.6 Å². The highest BCUT2D eigenvalue weighted by atomic mass is 16.3. The molecule has 0 aromatic heterocycles. The van der Waals surface area contributed by atoms with E-state index in [4.69, 9.17) is 15.8 Å². The van der Waals surface area contributed by atoms with E-state index in [2.05, 4.69) is 0 Å². The van der Waals surface area contributed by atoms with Gasteiger partial charge in [-0.15, -0.1) is 0 Å². The zero-order valence-electron chi connectivity index (χ0n) is 14.2. The first kappa shape index (κ1) is 17.0. The number of aliphatic hydroxyl groups is 1. The molecular formula is C19H27N3O2. The summed E-state index contributed by atoms with van der Waals surface area (Å²) < 4.78 is 0. The SMILES string of the molecule is NC1=NC(c2ccccc2)(C2CCCCC2)C(=O)N1CCCCO. The topological polar surface area (TPSA) is 78.9 Å². The summed E-state index contributed by atoms with van der Waals surface area (Å²) >= 11 is 0. The summed E-state index contributed by atoms with van der Waals surface area (Å²) in [6.07, 6.45) is 6.95. The number of benzene rings is 1. The first-order chi connectivity index (χ1) is 11.7. The van der Waals surface area contributed by atoms with Gasteiger partial charge >= 0.3 is 0 Å². The fraction of sp³-hybridized carbons (Fsp3) is 0.579. The molecule has 1 aliphatic heterocycles. The molecule has 5 nitrogen and oxygen atoms in total. The van der Waals surface area contributed by atoms with E-state index >= 15 is 0 Å². The highest BCUT2D eigenvalue weighted by Gasteiger charge is 2.53. The van der Waals surface area contributed by atoms with Gasteiger partial charge < -0.3 is 10.8 Å². The molecule has 3 N–H and O–H groups in total. The van der Waals surface area contributed by atoms with E-state index in [1.54, 1.807) is 4.90 Å². The molecular weight excluding hydrogens is 302 g/mol. The molecule has 0 radical (unpaired) electrons. The number of rotatable bonds is 6. The molecule has 5 heteroatoms. The molecule has 1 heterocycles. The molecule has 1 unspecified atom stereocenters. The minimum absolute atomic E-state index is 0.0102. The van der Waals surface area contributed by atoms with Crippen LogP contribution in [0, 0.1) is 5.92 Å². The maximum atomic E-state index is 13.4. The van der Waals surface area contributed by atoms with Crippen LogP contribution in [0.2, 0.25) is 0 Å². The number of aliphatic imine (C=N–C) groups is 1. The van der Waals surface area contributed by atoms with Gasteiger partial charge in [-0.1, -0.05) is 49.6 Å². The van der Waals surface area contributed by atoms with Crippen LogP contribution >= 0.6 is 0 Å². The summed E-state index contributed by atoms with van der Waals surface area (Å²) in [4.78, 5) is 19.8. The van der Waals surface area contributed by atoms with Crippen LogP contribution in [0.4, 0.5) is 0 Å². The van der Waals surface area contributed by atoms with Crippen molar-refractivity contribution in [3.8, 4) is 0 Å². The smallest absolute Gasteiger partial charge is 0.262 e. The molecule has 1 fully saturated rings. The third-order valence-corrected chi connectivity index (χ3v) is 5.34. The van der Waals surface area contributed by atoms with Gasteiger partial charge in [-0.25, -0.2) is 4.99 Å². The fourth-order valence-corrected chi connectivity index (χ4v) is 4.10. The predicted octanol–water partition coefficient (Wildman–Crippen LogP) is 2.39. The van der Waals surface area contributed by atoms with Gasteiger partial charge in [-0.3, -0.25) is 9.69 Å². The van der Waals surface area contributed by atoms with Crippen LogP contribution < -0.4 is 5.73 Å². The Labute approximate surface area is 143 Å². The number of amides is 1. The quantitative estimate of drug-likeness (QED) is 0.787. The van der Waals surface area contributed by atoms with Crippen molar-refractivity contribution in [2.45, 2.75) is 50.5 Å². The largest absolute Gasteiger partial charge is 0.396 e. The molecule has 1 amide bonds. The van der Waals surface area contributed by atoms with Crippen LogP contribution in [-0.2, 0) is 10.3 Å². The van der Waals surface area contributed by atoms with E-state index in [1.165, 1.54) is 6.42 Å². The van der Waals surface area contributed by atoms with Gasteiger partial charge in [-0.2, -0.15) is 0 Å². The highest BCUT2D eigenvalue weighted by Crippen LogP contribution is 2.46. The molecule has 1 aliphatic carbocycles. The highest BCUT2D eigenvalue weighted by molar-refractivity contribution is 6.07. The number of carbonyl (C=O) groups excluding carboxylic acids is 1. The first-order valence-electron chi connectivity index (χ1n) is 9.04. The van der Waals surface area contributed by atoms with E-state index in [0.29, 0.717) is 18.9 Å². The Kier molecular flexibility index (Phi) is 5.19. The Bertz CT molecular complexity index is 596. The lowest BCUT2D eigenvalue weighted by Crippen LogP contribution is -2.47. The molecule has 24 heavy (non-hydrogen) atoms. The first-order valence-corrected chi connectivity index (χ1v) is 9.04. The second-order valence-electron chi connectivity index (χ2n) is 6.82. The Morgan fingerprint density at radius 2 is 1.88 bits per heavy atom. The zero-order chi connectivity index (χ0) is 17.0. The molecule has 1 aromatic rings. The van der Waals surface area contributed by atoms with Crippen molar-refractivity contribution >= 4 is 11.9 Å². The van der Waals surface area contributed by atoms with Gasteiger partial charge in [0.15, 0.2) is 11.5 Å². The number of nitrogens with zero attached hydrogens (tertiary/aromatic N) is 2. The lowest BCUT2D eigenvalue weighted by molar-refractivity contribution is -0.134. The number of hydrogen-bond donors (Lipinski definition) is 2. The summed E-state index contributed by atoms with van der Waals surface area (Å²) in [7, 11) is 0. The number of hydrogen-bond acceptors (Lipinski definition) is 4. The monoisotopic (exact) mass is 329 g/mol. The molecule has 0 bridgehead atoms. The second kappa shape index (κ2) is 7.34. The maximum Gasteiger partial charge on any atom is 0.262 e. The van der Waals surface area contributed by atoms with Gasteiger partial charge in [0.2, 0.25) is 0 Å². The molecule has 1 aromatic carbocycles. The second-order valence-corrected chi connectivity index (χ2v) is 6.82. The minimum atomic E-state index is -0.856. The number of unbranched alkanes of at least 4 members (excludes halogenated alkanes) is 1. The van der Waals surface area contributed by atoms with Gasteiger partial charge in [-0.05, 0) is 37.2 Å². The van der Waals surface area contributed by atoms with Crippen LogP contribution in [0.25, 0.3) is 0 Å². The zero-order valence-corrected chi connectivity index (χ0v) is 14.2. The van der Waals surface area contributed by atoms with Crippen LogP contribution in [0.5, 0.6) is 0 Å². The number of carbonyl (C=O) groups is 1. The predicted molar refractivity (Wildman–Crippen MR) is 94.4 cm³/mol. The summed E-state index contributed by atoms with van der Waals surface area (Å²) in [6.45, 7) is 0.654. The average Bonchev–Trinajstić information content (AvgIpc) is 2.89. The normalized spacial score (nSPS) is 25.1. The molecule has 3 rings (SSSR count). The molecule has 0 spiro atoms. The number of nitrogens with two attached hydrogens (primary N) is 1. The Balaban J connectivity index is 1.95. The van der Waals surface area contributed by atoms with Crippen molar-refractivity contribution in [1.29, 1.82) is 0 Å². The number of guanidine groups is 1. The summed E-state index contributed by atoms with van der Waals surface area (Å²) in [5.74, 6) is 0.547. The Hall–Kier alpha value is -1.88. The lowest BCUT2D eigenvalue weighted by atomic mass is 9.71. The van der Waals surface area contributed by atoms with Crippen molar-refractivity contribution in [3.05, 3.63) is 35.9 Å². The molecule has 1 saturated carbocycles. The van der Waals surface area contributed by atoms with Crippen molar-refractivity contribution in [3.63, 3.8) is 0 Å². The molecule has 2 aliphatic rings. The van der Waals surface area contributed by atoms with E-state index < -0.39 is 5.54 Å². The third-order valence-electron chi connectivity index (χ3n) is 5.34. The maximum absolute atomic E-state index is 13.4. The van der Waals surface area contributed by atoms with Crippen LogP contribution in [-0.4, -0.2) is 35.0 Å². The van der Waals surface area contributed by atoms with E-state index in [-0.39, 0.29) is 18.4 Å². The van der Waals surface area contributed by atoms with Crippen LogP contribution in [0.1, 0.15) is 50.5 Å². The van der Waals surface area contributed by atoms with Gasteiger partial charge in [0.1, 0.15) is 0 Å². The Morgan fingerprint density at radius 1 is 1.17 bits per heavy atom. The van der Waals surface area contributed by atoms with Gasteiger partial charge in [0.05, 0.1) is 0 Å². The molecule has 130 valence electrons. The standard InChI is InChI=1S/C19H27N3O2/c20-18-21-19(15-9-3-1-4-10-15,16-11-5-2-6-12-16)17(24)22(18)13-7-8-14-23/h1,3-4,9-10,16,23H,2,5-8,11-14H2,(H2,20,21). The summed E-state index contributed by atoms with van der Waals surface area (Å²) in [5.41, 5.74) is 6.26. The van der Waals surface area contributed by atoms with Crippen molar-refractivity contribution in [2.75, 3.05) is 13.2 Å². The van der Waals surface area contributed by atoms with Crippen molar-refractivity contribution < 1.29 is 9.90 Å². The average molecular weight is 329 g/mol. The van der Waals surface area contributed by atoms with Gasteiger partial charge in [0.25, 0.3) is 5.91 Å². The summed E-state index contributed by atoms with van der Waals surface area (Å²) in [5, 5.41) is 8.99. The molecule has 1 atom stereocenters. The number of aliphatic hydroxyl groups excluding tert-OH is 1.